The maximum Gasteiger partial charge on any atom is 0.241 e. The molecule has 2 N–H and O–H groups in total. The average Bonchev–Trinajstić information content (AvgIpc) is 2.29. The van der Waals surface area contributed by atoms with Crippen LogP contribution in [0.25, 0.3) is 0 Å². The van der Waals surface area contributed by atoms with E-state index in [2.05, 4.69) is 26.0 Å². The van der Waals surface area contributed by atoms with Crippen molar-refractivity contribution in [3.8, 4) is 0 Å². The van der Waals surface area contributed by atoms with Crippen LogP contribution < -0.4 is 10.0 Å². The lowest BCUT2D eigenvalue weighted by molar-refractivity contribution is 0.554. The Morgan fingerprint density at radius 2 is 2.06 bits per heavy atom. The molecule has 0 saturated carbocycles. The predicted octanol–water partition coefficient (Wildman–Crippen LogP) is 2.41. The van der Waals surface area contributed by atoms with Gasteiger partial charge in [0.15, 0.2) is 0 Å². The molecule has 0 aliphatic carbocycles. The van der Waals surface area contributed by atoms with Gasteiger partial charge in [-0.1, -0.05) is 17.7 Å². The van der Waals surface area contributed by atoms with E-state index in [4.69, 9.17) is 11.6 Å². The van der Waals surface area contributed by atoms with E-state index in [9.17, 15) is 8.42 Å². The fourth-order valence-corrected chi connectivity index (χ4v) is 3.47. The molecule has 1 rings (SSSR count). The third-order valence-corrected chi connectivity index (χ3v) is 5.40. The normalized spacial score (nSPS) is 12.9. The average molecular weight is 378 g/mol. The minimum absolute atomic E-state index is 0. The molecule has 1 atom stereocenters. The number of sulfonamides is 1. The van der Waals surface area contributed by atoms with Crippen LogP contribution in [0, 0.1) is 0 Å². The number of halogens is 3. The van der Waals surface area contributed by atoms with Crippen LogP contribution in [0.5, 0.6) is 0 Å². The number of hydrogen-bond donors (Lipinski definition) is 2. The van der Waals surface area contributed by atoms with Crippen LogP contribution in [0.2, 0.25) is 5.02 Å². The Kier molecular flexibility index (Phi) is 7.73. The topological polar surface area (TPSA) is 58.2 Å². The Morgan fingerprint density at radius 3 is 2.61 bits per heavy atom. The summed E-state index contributed by atoms with van der Waals surface area (Å²) in [7, 11) is -1.77. The molecule has 0 aliphatic heterocycles. The van der Waals surface area contributed by atoms with Gasteiger partial charge in [-0.2, -0.15) is 0 Å². The van der Waals surface area contributed by atoms with Crippen LogP contribution in [0.1, 0.15) is 6.92 Å². The molecule has 0 spiro atoms. The van der Waals surface area contributed by atoms with E-state index in [1.54, 1.807) is 19.2 Å². The Labute approximate surface area is 127 Å². The van der Waals surface area contributed by atoms with E-state index >= 15 is 0 Å². The summed E-state index contributed by atoms with van der Waals surface area (Å²) in [5, 5.41) is 3.32. The second-order valence-electron chi connectivity index (χ2n) is 3.59. The highest BCUT2D eigenvalue weighted by molar-refractivity contribution is 9.10. The summed E-state index contributed by atoms with van der Waals surface area (Å²) in [4.78, 5) is 0.147. The van der Waals surface area contributed by atoms with Crippen molar-refractivity contribution in [2.75, 3.05) is 13.6 Å². The fraction of sp³-hybridized carbons (Fsp3) is 0.400. The molecule has 18 heavy (non-hydrogen) atoms. The summed E-state index contributed by atoms with van der Waals surface area (Å²) in [6.45, 7) is 2.20. The van der Waals surface area contributed by atoms with Gasteiger partial charge in [-0.3, -0.25) is 0 Å². The first kappa shape index (κ1) is 18.1. The van der Waals surface area contributed by atoms with Gasteiger partial charge >= 0.3 is 0 Å². The number of rotatable bonds is 5. The second kappa shape index (κ2) is 7.67. The molecule has 4 nitrogen and oxygen atoms in total. The maximum atomic E-state index is 12.0. The van der Waals surface area contributed by atoms with Gasteiger partial charge in [-0.25, -0.2) is 13.1 Å². The molecule has 0 aromatic heterocycles. The summed E-state index contributed by atoms with van der Waals surface area (Å²) in [5.74, 6) is 0. The van der Waals surface area contributed by atoms with E-state index in [-0.39, 0.29) is 23.3 Å². The Bertz CT molecular complexity index is 497. The fourth-order valence-electron chi connectivity index (χ4n) is 1.11. The van der Waals surface area contributed by atoms with E-state index in [0.717, 1.165) is 0 Å². The van der Waals surface area contributed by atoms with Crippen molar-refractivity contribution in [2.45, 2.75) is 17.9 Å². The summed E-state index contributed by atoms with van der Waals surface area (Å²) >= 11 is 9.03. The zero-order chi connectivity index (χ0) is 13.1. The zero-order valence-corrected chi connectivity index (χ0v) is 13.9. The first-order valence-corrected chi connectivity index (χ1v) is 7.65. The third-order valence-electron chi connectivity index (χ3n) is 2.28. The SMILES string of the molecule is CNC(C)CNS(=O)(=O)c1cccc(Cl)c1Br.Cl. The molecule has 8 heteroatoms. The molecule has 0 aliphatic rings. The van der Waals surface area contributed by atoms with Crippen molar-refractivity contribution in [1.29, 1.82) is 0 Å². The lowest BCUT2D eigenvalue weighted by atomic mass is 10.4. The summed E-state index contributed by atoms with van der Waals surface area (Å²) < 4.78 is 26.9. The predicted molar refractivity (Wildman–Crippen MR) is 80.1 cm³/mol. The van der Waals surface area contributed by atoms with Crippen molar-refractivity contribution in [3.63, 3.8) is 0 Å². The standard InChI is InChI=1S/C10H14BrClN2O2S.ClH/c1-7(13-2)6-14-17(15,16)9-5-3-4-8(12)10(9)11;/h3-5,7,13-14H,6H2,1-2H3;1H. The van der Waals surface area contributed by atoms with Crippen molar-refractivity contribution >= 4 is 50.0 Å². The third kappa shape index (κ3) is 4.68. The molecule has 0 heterocycles. The van der Waals surface area contributed by atoms with Gasteiger partial charge in [0.2, 0.25) is 10.0 Å². The van der Waals surface area contributed by atoms with Crippen molar-refractivity contribution < 1.29 is 8.42 Å². The van der Waals surface area contributed by atoms with Gasteiger partial charge in [0.05, 0.1) is 14.4 Å². The quantitative estimate of drug-likeness (QED) is 0.828. The minimum atomic E-state index is -3.54. The van der Waals surface area contributed by atoms with E-state index in [0.29, 0.717) is 16.0 Å². The first-order valence-electron chi connectivity index (χ1n) is 4.99. The van der Waals surface area contributed by atoms with Gasteiger partial charge < -0.3 is 5.32 Å². The lowest BCUT2D eigenvalue weighted by Gasteiger charge is -2.13. The van der Waals surface area contributed by atoms with E-state index < -0.39 is 10.0 Å². The van der Waals surface area contributed by atoms with Crippen LogP contribution in [-0.4, -0.2) is 28.1 Å². The largest absolute Gasteiger partial charge is 0.316 e. The number of benzene rings is 1. The molecule has 104 valence electrons. The molecular formula is C10H15BrCl2N2O2S. The molecule has 0 amide bonds. The molecule has 0 fully saturated rings. The highest BCUT2D eigenvalue weighted by atomic mass is 79.9. The number of likely N-dealkylation sites (N-methyl/N-ethyl adjacent to an activating group) is 1. The first-order chi connectivity index (χ1) is 7.88. The second-order valence-corrected chi connectivity index (χ2v) is 6.53. The summed E-state index contributed by atoms with van der Waals surface area (Å²) in [6.07, 6.45) is 0. The van der Waals surface area contributed by atoms with Gasteiger partial charge in [-0.15, -0.1) is 12.4 Å². The van der Waals surface area contributed by atoms with Crippen molar-refractivity contribution in [2.24, 2.45) is 0 Å². The van der Waals surface area contributed by atoms with Crippen molar-refractivity contribution in [1.82, 2.24) is 10.0 Å². The zero-order valence-electron chi connectivity index (χ0n) is 9.91. The Hall–Kier alpha value is 0.150. The van der Waals surface area contributed by atoms with Crippen LogP contribution >= 0.6 is 39.9 Å². The highest BCUT2D eigenvalue weighted by Crippen LogP contribution is 2.29. The van der Waals surface area contributed by atoms with Crippen LogP contribution in [0.4, 0.5) is 0 Å². The lowest BCUT2D eigenvalue weighted by Crippen LogP contribution is -2.37. The van der Waals surface area contributed by atoms with Gasteiger partial charge in [0.25, 0.3) is 0 Å². The van der Waals surface area contributed by atoms with Gasteiger partial charge in [0.1, 0.15) is 0 Å². The molecule has 0 radical (unpaired) electrons. The Balaban J connectivity index is 0.00000289. The van der Waals surface area contributed by atoms with E-state index in [1.807, 2.05) is 6.92 Å². The Morgan fingerprint density at radius 1 is 1.44 bits per heavy atom. The maximum absolute atomic E-state index is 12.0. The molecule has 0 saturated heterocycles. The van der Waals surface area contributed by atoms with Crippen LogP contribution in [0.3, 0.4) is 0 Å². The smallest absolute Gasteiger partial charge is 0.241 e. The monoisotopic (exact) mass is 376 g/mol. The molecule has 0 bridgehead atoms. The highest BCUT2D eigenvalue weighted by Gasteiger charge is 2.19. The van der Waals surface area contributed by atoms with E-state index in [1.165, 1.54) is 6.07 Å². The molecule has 1 aromatic carbocycles. The van der Waals surface area contributed by atoms with Crippen LogP contribution in [0.15, 0.2) is 27.6 Å². The molecular weight excluding hydrogens is 363 g/mol. The number of nitrogens with one attached hydrogen (secondary N) is 2. The molecule has 1 unspecified atom stereocenters. The number of hydrogen-bond acceptors (Lipinski definition) is 3. The summed E-state index contributed by atoms with van der Waals surface area (Å²) in [5.41, 5.74) is 0. The summed E-state index contributed by atoms with van der Waals surface area (Å²) in [6, 6.07) is 4.79. The van der Waals surface area contributed by atoms with Crippen LogP contribution in [-0.2, 0) is 10.0 Å². The molecule has 1 aromatic rings. The van der Waals surface area contributed by atoms with Gasteiger partial charge in [0, 0.05) is 12.6 Å². The van der Waals surface area contributed by atoms with Crippen molar-refractivity contribution in [3.05, 3.63) is 27.7 Å². The van der Waals surface area contributed by atoms with Gasteiger partial charge in [-0.05, 0) is 42.0 Å². The minimum Gasteiger partial charge on any atom is -0.316 e.